The number of carbonyl (C=O) groups is 2. The molecule has 2 heterocycles. The number of carbonyl (C=O) groups excluding carboxylic acids is 2. The quantitative estimate of drug-likeness (QED) is 0.0256. The van der Waals surface area contributed by atoms with Crippen LogP contribution < -0.4 is 16.2 Å². The zero-order chi connectivity index (χ0) is 39.9. The van der Waals surface area contributed by atoms with Gasteiger partial charge in [-0.25, -0.2) is 10.5 Å². The number of nitrogens with zero attached hydrogens (tertiary/aromatic N) is 4. The monoisotopic (exact) mass is 858 g/mol. The maximum absolute atomic E-state index is 14.5. The van der Waals surface area contributed by atoms with E-state index in [-0.39, 0.29) is 71.7 Å². The maximum atomic E-state index is 14.5. The number of halogens is 2. The molecule has 18 nitrogen and oxygen atoms in total. The van der Waals surface area contributed by atoms with Crippen molar-refractivity contribution in [3.8, 4) is 11.1 Å². The fraction of sp³-hybridized carbons (Fsp3) is 0.0303. The first-order valence-corrected chi connectivity index (χ1v) is 19.0. The summed E-state index contributed by atoms with van der Waals surface area (Å²) < 4.78 is 45.7. The topological polar surface area (TPSA) is 251 Å². The van der Waals surface area contributed by atoms with Crippen LogP contribution in [-0.2, 0) is 35.9 Å². The number of nitrogens with one attached hydrogen (secondary N) is 2. The highest BCUT2D eigenvalue weighted by Crippen LogP contribution is 2.45. The predicted octanol–water partition coefficient (Wildman–Crippen LogP) is 7.06. The Balaban J connectivity index is 1.46. The van der Waals surface area contributed by atoms with Gasteiger partial charge in [0.05, 0.1) is 62.7 Å². The van der Waals surface area contributed by atoms with Crippen molar-refractivity contribution in [1.82, 2.24) is 19.5 Å². The molecule has 4 aromatic carbocycles. The minimum Gasteiger partial charge on any atom is -0.354 e. The summed E-state index contributed by atoms with van der Waals surface area (Å²) in [5, 5.41) is 30.2. The summed E-state index contributed by atoms with van der Waals surface area (Å²) >= 11 is 12.8. The lowest BCUT2D eigenvalue weighted by atomic mass is 9.80. The molecule has 0 fully saturated rings. The van der Waals surface area contributed by atoms with Gasteiger partial charge in [0.15, 0.2) is 11.6 Å². The van der Waals surface area contributed by atoms with Crippen molar-refractivity contribution in [2.45, 2.75) is 14.7 Å². The number of aryl methyl sites for hydroxylation is 1. The molecule has 0 radical (unpaired) electrons. The Morgan fingerprint density at radius 1 is 0.804 bits per heavy atom. The van der Waals surface area contributed by atoms with Crippen LogP contribution in [0.4, 0.5) is 23.0 Å². The number of ketones is 2. The number of benzene rings is 4. The van der Waals surface area contributed by atoms with Crippen molar-refractivity contribution in [2.75, 3.05) is 10.6 Å². The summed E-state index contributed by atoms with van der Waals surface area (Å²) in [6, 6.07) is 17.6. The molecule has 0 aliphatic heterocycles. The molecule has 7 rings (SSSR count). The van der Waals surface area contributed by atoms with E-state index in [0.717, 1.165) is 6.07 Å². The predicted molar refractivity (Wildman–Crippen MR) is 202 cm³/mol. The van der Waals surface area contributed by atoms with Gasteiger partial charge in [0.2, 0.25) is 16.5 Å². The number of hydrogen-bond acceptors (Lipinski definition) is 18. The van der Waals surface area contributed by atoms with Gasteiger partial charge in [0.1, 0.15) is 4.90 Å². The summed E-state index contributed by atoms with van der Waals surface area (Å²) in [6.45, 7) is 0. The van der Waals surface area contributed by atoms with E-state index in [0.29, 0.717) is 40.1 Å². The summed E-state index contributed by atoms with van der Waals surface area (Å²) in [4.78, 5) is 53.9. The van der Waals surface area contributed by atoms with Crippen LogP contribution in [0, 0.1) is 0 Å². The molecule has 0 atom stereocenters. The third kappa shape index (κ3) is 7.46. The Morgan fingerprint density at radius 3 is 2.20 bits per heavy atom. The number of anilines is 4. The Morgan fingerprint density at radius 2 is 1.50 bits per heavy atom. The molecular formula is C33H20Cl2N6O12S3. The van der Waals surface area contributed by atoms with Crippen molar-refractivity contribution in [2.24, 2.45) is 7.05 Å². The molecular weight excluding hydrogens is 840 g/mol. The molecule has 5 N–H and O–H groups in total. The van der Waals surface area contributed by atoms with Crippen LogP contribution in [0.5, 0.6) is 0 Å². The minimum absolute atomic E-state index is 0.00141. The van der Waals surface area contributed by atoms with Gasteiger partial charge in [-0.3, -0.25) is 18.9 Å². The van der Waals surface area contributed by atoms with Gasteiger partial charge in [-0.2, -0.15) is 23.4 Å². The van der Waals surface area contributed by atoms with E-state index in [1.807, 2.05) is 0 Å². The first-order valence-electron chi connectivity index (χ1n) is 15.4. The van der Waals surface area contributed by atoms with Crippen LogP contribution in [0.3, 0.4) is 0 Å². The fourth-order valence-electron chi connectivity index (χ4n) is 6.11. The van der Waals surface area contributed by atoms with Crippen molar-refractivity contribution in [3.63, 3.8) is 0 Å². The first kappa shape index (κ1) is 39.2. The number of hydrogen-bond donors (Lipinski definition) is 5. The van der Waals surface area contributed by atoms with Gasteiger partial charge < -0.3 is 15.2 Å². The molecule has 6 aromatic rings. The highest BCUT2D eigenvalue weighted by molar-refractivity contribution is 7.95. The Kier molecular flexibility index (Phi) is 11.1. The molecule has 1 aliphatic rings. The molecule has 286 valence electrons. The van der Waals surface area contributed by atoms with E-state index in [9.17, 15) is 27.4 Å². The highest BCUT2D eigenvalue weighted by atomic mass is 35.5. The van der Waals surface area contributed by atoms with Crippen LogP contribution in [0.2, 0.25) is 10.6 Å². The third-order valence-electron chi connectivity index (χ3n) is 8.33. The molecule has 0 saturated heterocycles. The lowest BCUT2D eigenvalue weighted by molar-refractivity contribution is -0.432. The Bertz CT molecular complexity index is 2770. The van der Waals surface area contributed by atoms with E-state index in [4.69, 9.17) is 33.7 Å². The zero-order valence-electron chi connectivity index (χ0n) is 27.7. The summed E-state index contributed by atoms with van der Waals surface area (Å²) in [6.07, 6.45) is 0. The van der Waals surface area contributed by atoms with Crippen molar-refractivity contribution < 1.29 is 51.8 Å². The minimum atomic E-state index is -4.99. The summed E-state index contributed by atoms with van der Waals surface area (Å²) in [7, 11) is -3.54. The van der Waals surface area contributed by atoms with Gasteiger partial charge in [-0.15, -0.1) is 8.67 Å². The van der Waals surface area contributed by atoms with Crippen LogP contribution in [-0.4, -0.2) is 54.6 Å². The Hall–Kier alpha value is -5.01. The van der Waals surface area contributed by atoms with Gasteiger partial charge >= 0.3 is 0 Å². The number of fused-ring (bicyclic) bond motifs is 2. The maximum Gasteiger partial charge on any atom is 0.296 e. The number of rotatable bonds is 13. The average molecular weight is 860 g/mol. The van der Waals surface area contributed by atoms with Crippen molar-refractivity contribution in [1.29, 1.82) is 0 Å². The van der Waals surface area contributed by atoms with Crippen LogP contribution in [0.15, 0.2) is 92.3 Å². The molecule has 23 heteroatoms. The molecule has 0 bridgehead atoms. The highest BCUT2D eigenvalue weighted by Gasteiger charge is 2.34. The lowest BCUT2D eigenvalue weighted by Gasteiger charge is -2.26. The van der Waals surface area contributed by atoms with E-state index in [1.165, 1.54) is 35.9 Å². The lowest BCUT2D eigenvalue weighted by Crippen LogP contribution is -2.29. The van der Waals surface area contributed by atoms with E-state index >= 15 is 0 Å². The van der Waals surface area contributed by atoms with Crippen LogP contribution >= 0.6 is 47.3 Å². The van der Waals surface area contributed by atoms with Crippen molar-refractivity contribution in [3.05, 3.63) is 116 Å². The second-order valence-electron chi connectivity index (χ2n) is 11.4. The molecule has 0 unspecified atom stereocenters. The fourth-order valence-corrected chi connectivity index (χ4v) is 8.09. The van der Waals surface area contributed by atoms with Gasteiger partial charge in [0.25, 0.3) is 15.7 Å². The number of pyridine rings is 1. The second-order valence-corrected chi connectivity index (χ2v) is 15.0. The molecule has 0 amide bonds. The first-order chi connectivity index (χ1) is 26.8. The standard InChI is InChI=1S/C33H20Cl2N6O12S3/c1-41-21-10-9-18(36-19-12-20(37-33-39-31(34)38-32(35)40-33)23(56(47,48)49)13-22(19)55-53-51-46)25-26(21)24(16-7-2-3-8-17(16)29(25)43)27(30(41)44)28(42)14-5-4-6-15(11-14)54-52-50-45/h2-13,36,45-46H,1H3,(H,47,48,49)(H,37,38,39,40). The van der Waals surface area contributed by atoms with Crippen LogP contribution in [0.1, 0.15) is 31.8 Å². The van der Waals surface area contributed by atoms with Gasteiger partial charge in [-0.05, 0) is 65.2 Å². The van der Waals surface area contributed by atoms with Gasteiger partial charge in [-0.1, -0.05) is 46.5 Å². The SMILES string of the molecule is Cn1c(=O)c(C(=O)c2cccc(SOOO)c2)c2c3c(c(Nc4cc(Nc5nc(Cl)nc(Cl)n5)c(S(=O)(=O)O)cc4SOOO)ccc31)C(=O)c1ccccc1-2. The second kappa shape index (κ2) is 15.9. The Labute approximate surface area is 332 Å². The molecule has 0 saturated carbocycles. The summed E-state index contributed by atoms with van der Waals surface area (Å²) in [5.74, 6) is -1.49. The zero-order valence-corrected chi connectivity index (χ0v) is 31.7. The number of aromatic nitrogens is 4. The molecule has 2 aromatic heterocycles. The average Bonchev–Trinajstić information content (AvgIpc) is 3.16. The van der Waals surface area contributed by atoms with E-state index < -0.39 is 32.1 Å². The largest absolute Gasteiger partial charge is 0.354 e. The van der Waals surface area contributed by atoms with E-state index in [1.54, 1.807) is 42.5 Å². The summed E-state index contributed by atoms with van der Waals surface area (Å²) in [5.41, 5.74) is -0.0500. The van der Waals surface area contributed by atoms with Crippen molar-refractivity contribution >= 4 is 103 Å². The normalized spacial score (nSPS) is 12.1. The smallest absolute Gasteiger partial charge is 0.296 e. The third-order valence-corrected chi connectivity index (χ3v) is 10.8. The molecule has 0 spiro atoms. The van der Waals surface area contributed by atoms with Gasteiger partial charge in [0, 0.05) is 34.0 Å². The molecule has 56 heavy (non-hydrogen) atoms. The molecule has 1 aliphatic carbocycles. The van der Waals surface area contributed by atoms with E-state index in [2.05, 4.69) is 44.3 Å². The van der Waals surface area contributed by atoms with Crippen LogP contribution in [0.25, 0.3) is 22.0 Å².